The molecule has 0 saturated heterocycles. The number of hydrogen-bond acceptors (Lipinski definition) is 3. The standard InChI is InChI=1S/C12H18BrNO3S/c1-12(2,7-8-15)9-14-18(16,17)11-5-3-10(13)4-6-11/h3-6,14-15H,7-9H2,1-2H3. The first-order valence-electron chi connectivity index (χ1n) is 5.63. The zero-order valence-electron chi connectivity index (χ0n) is 10.5. The Morgan fingerprint density at radius 1 is 1.28 bits per heavy atom. The number of hydrogen-bond donors (Lipinski definition) is 2. The summed E-state index contributed by atoms with van der Waals surface area (Å²) >= 11 is 3.26. The Balaban J connectivity index is 2.74. The molecule has 0 spiro atoms. The molecule has 1 aromatic rings. The molecular weight excluding hydrogens is 318 g/mol. The summed E-state index contributed by atoms with van der Waals surface area (Å²) in [6.45, 7) is 4.17. The Morgan fingerprint density at radius 3 is 2.33 bits per heavy atom. The number of halogens is 1. The van der Waals surface area contributed by atoms with Crippen LogP contribution in [-0.4, -0.2) is 26.7 Å². The van der Waals surface area contributed by atoms with Gasteiger partial charge in [-0.2, -0.15) is 0 Å². The summed E-state index contributed by atoms with van der Waals surface area (Å²) in [6.07, 6.45) is 0.551. The van der Waals surface area contributed by atoms with Gasteiger partial charge in [0, 0.05) is 17.6 Å². The number of sulfonamides is 1. The van der Waals surface area contributed by atoms with Crippen LogP contribution >= 0.6 is 15.9 Å². The lowest BCUT2D eigenvalue weighted by atomic mass is 9.90. The van der Waals surface area contributed by atoms with Crippen molar-refractivity contribution < 1.29 is 13.5 Å². The van der Waals surface area contributed by atoms with Crippen molar-refractivity contribution in [3.05, 3.63) is 28.7 Å². The van der Waals surface area contributed by atoms with E-state index in [1.165, 1.54) is 0 Å². The third-order valence-corrected chi connectivity index (χ3v) is 4.60. The summed E-state index contributed by atoms with van der Waals surface area (Å²) in [7, 11) is -3.48. The third kappa shape index (κ3) is 4.68. The zero-order valence-corrected chi connectivity index (χ0v) is 12.9. The molecule has 0 radical (unpaired) electrons. The van der Waals surface area contributed by atoms with Gasteiger partial charge < -0.3 is 5.11 Å². The van der Waals surface area contributed by atoms with Gasteiger partial charge in [0.05, 0.1) is 4.90 Å². The minimum Gasteiger partial charge on any atom is -0.396 e. The first kappa shape index (κ1) is 15.6. The van der Waals surface area contributed by atoms with Crippen LogP contribution in [0.4, 0.5) is 0 Å². The van der Waals surface area contributed by atoms with Crippen molar-refractivity contribution >= 4 is 26.0 Å². The van der Waals surface area contributed by atoms with Crippen molar-refractivity contribution in [1.29, 1.82) is 0 Å². The van der Waals surface area contributed by atoms with Gasteiger partial charge in [-0.1, -0.05) is 29.8 Å². The van der Waals surface area contributed by atoms with Gasteiger partial charge in [-0.25, -0.2) is 13.1 Å². The normalized spacial score (nSPS) is 12.7. The highest BCUT2D eigenvalue weighted by molar-refractivity contribution is 9.10. The van der Waals surface area contributed by atoms with E-state index in [0.29, 0.717) is 13.0 Å². The van der Waals surface area contributed by atoms with Gasteiger partial charge in [-0.05, 0) is 36.1 Å². The molecule has 0 atom stereocenters. The summed E-state index contributed by atoms with van der Waals surface area (Å²) in [6, 6.07) is 6.47. The molecular formula is C12H18BrNO3S. The SMILES string of the molecule is CC(C)(CCO)CNS(=O)(=O)c1ccc(Br)cc1. The maximum atomic E-state index is 12.0. The first-order valence-corrected chi connectivity index (χ1v) is 7.90. The Kier molecular flexibility index (Phi) is 5.33. The zero-order chi connectivity index (χ0) is 13.8. The molecule has 0 aliphatic carbocycles. The fourth-order valence-electron chi connectivity index (χ4n) is 1.38. The fourth-order valence-corrected chi connectivity index (χ4v) is 2.88. The van der Waals surface area contributed by atoms with Crippen LogP contribution < -0.4 is 4.72 Å². The number of rotatable bonds is 6. The Hall–Kier alpha value is -0.430. The van der Waals surface area contributed by atoms with Gasteiger partial charge in [0.15, 0.2) is 0 Å². The summed E-state index contributed by atoms with van der Waals surface area (Å²) in [5.41, 5.74) is -0.267. The van der Waals surface area contributed by atoms with E-state index in [2.05, 4.69) is 20.7 Å². The highest BCUT2D eigenvalue weighted by atomic mass is 79.9. The van der Waals surface area contributed by atoms with Crippen molar-refractivity contribution in [1.82, 2.24) is 4.72 Å². The van der Waals surface area contributed by atoms with E-state index in [-0.39, 0.29) is 16.9 Å². The second kappa shape index (κ2) is 6.14. The smallest absolute Gasteiger partial charge is 0.240 e. The van der Waals surface area contributed by atoms with Crippen LogP contribution in [0.3, 0.4) is 0 Å². The highest BCUT2D eigenvalue weighted by Gasteiger charge is 2.21. The average Bonchev–Trinajstić information content (AvgIpc) is 2.27. The Bertz CT molecular complexity index is 483. The van der Waals surface area contributed by atoms with E-state index in [4.69, 9.17) is 5.11 Å². The maximum Gasteiger partial charge on any atom is 0.240 e. The summed E-state index contributed by atoms with van der Waals surface area (Å²) in [4.78, 5) is 0.241. The molecule has 1 aromatic carbocycles. The summed E-state index contributed by atoms with van der Waals surface area (Å²) < 4.78 is 27.4. The van der Waals surface area contributed by atoms with E-state index in [1.54, 1.807) is 24.3 Å². The Morgan fingerprint density at radius 2 is 1.83 bits per heavy atom. The topological polar surface area (TPSA) is 66.4 Å². The predicted molar refractivity (Wildman–Crippen MR) is 74.8 cm³/mol. The molecule has 0 bridgehead atoms. The average molecular weight is 336 g/mol. The lowest BCUT2D eigenvalue weighted by molar-refractivity contribution is 0.213. The molecule has 0 aliphatic rings. The van der Waals surface area contributed by atoms with Crippen molar-refractivity contribution in [2.45, 2.75) is 25.2 Å². The predicted octanol–water partition coefficient (Wildman–Crippen LogP) is 2.14. The molecule has 0 saturated carbocycles. The molecule has 18 heavy (non-hydrogen) atoms. The lowest BCUT2D eigenvalue weighted by Crippen LogP contribution is -2.34. The number of benzene rings is 1. The molecule has 102 valence electrons. The van der Waals surface area contributed by atoms with Crippen molar-refractivity contribution in [2.75, 3.05) is 13.2 Å². The second-order valence-electron chi connectivity index (χ2n) is 4.92. The summed E-state index contributed by atoms with van der Waals surface area (Å²) in [5.74, 6) is 0. The molecule has 2 N–H and O–H groups in total. The van der Waals surface area contributed by atoms with E-state index >= 15 is 0 Å². The van der Waals surface area contributed by atoms with Gasteiger partial charge >= 0.3 is 0 Å². The quantitative estimate of drug-likeness (QED) is 0.836. The molecule has 4 nitrogen and oxygen atoms in total. The molecule has 0 aromatic heterocycles. The van der Waals surface area contributed by atoms with E-state index < -0.39 is 10.0 Å². The summed E-state index contributed by atoms with van der Waals surface area (Å²) in [5, 5.41) is 8.90. The molecule has 0 aliphatic heterocycles. The maximum absolute atomic E-state index is 12.0. The van der Waals surface area contributed by atoms with E-state index in [1.807, 2.05) is 13.8 Å². The van der Waals surface area contributed by atoms with Crippen LogP contribution in [-0.2, 0) is 10.0 Å². The monoisotopic (exact) mass is 335 g/mol. The first-order chi connectivity index (χ1) is 8.27. The molecule has 0 heterocycles. The number of nitrogens with one attached hydrogen (secondary N) is 1. The molecule has 0 amide bonds. The molecule has 0 fully saturated rings. The highest BCUT2D eigenvalue weighted by Crippen LogP contribution is 2.20. The van der Waals surface area contributed by atoms with Crippen molar-refractivity contribution in [3.8, 4) is 0 Å². The van der Waals surface area contributed by atoms with Crippen LogP contribution in [0.5, 0.6) is 0 Å². The largest absolute Gasteiger partial charge is 0.396 e. The van der Waals surface area contributed by atoms with Crippen molar-refractivity contribution in [2.24, 2.45) is 5.41 Å². The minimum atomic E-state index is -3.48. The molecule has 0 unspecified atom stereocenters. The minimum absolute atomic E-state index is 0.0486. The van der Waals surface area contributed by atoms with Crippen LogP contribution in [0, 0.1) is 5.41 Å². The fraction of sp³-hybridized carbons (Fsp3) is 0.500. The van der Waals surface area contributed by atoms with E-state index in [0.717, 1.165) is 4.47 Å². The van der Waals surface area contributed by atoms with Gasteiger partial charge in [0.2, 0.25) is 10.0 Å². The van der Waals surface area contributed by atoms with Gasteiger partial charge in [0.1, 0.15) is 0 Å². The molecule has 1 rings (SSSR count). The lowest BCUT2D eigenvalue weighted by Gasteiger charge is -2.23. The molecule has 6 heteroatoms. The number of aliphatic hydroxyl groups is 1. The Labute approximate surface area is 117 Å². The van der Waals surface area contributed by atoms with Crippen LogP contribution in [0.2, 0.25) is 0 Å². The van der Waals surface area contributed by atoms with Crippen molar-refractivity contribution in [3.63, 3.8) is 0 Å². The van der Waals surface area contributed by atoms with Crippen LogP contribution in [0.1, 0.15) is 20.3 Å². The van der Waals surface area contributed by atoms with Gasteiger partial charge in [0.25, 0.3) is 0 Å². The van der Waals surface area contributed by atoms with Gasteiger partial charge in [-0.3, -0.25) is 0 Å². The third-order valence-electron chi connectivity index (χ3n) is 2.65. The van der Waals surface area contributed by atoms with Gasteiger partial charge in [-0.15, -0.1) is 0 Å². The van der Waals surface area contributed by atoms with E-state index in [9.17, 15) is 8.42 Å². The van der Waals surface area contributed by atoms with Crippen LogP contribution in [0.15, 0.2) is 33.6 Å². The number of aliphatic hydroxyl groups excluding tert-OH is 1. The van der Waals surface area contributed by atoms with Crippen LogP contribution in [0.25, 0.3) is 0 Å². The second-order valence-corrected chi connectivity index (χ2v) is 7.60.